The molecule has 0 amide bonds. The van der Waals surface area contributed by atoms with Crippen LogP contribution < -0.4 is 0 Å². The van der Waals surface area contributed by atoms with Crippen LogP contribution in [0.25, 0.3) is 0 Å². The second kappa shape index (κ2) is 4.52. The maximum absolute atomic E-state index is 13.1. The molecule has 1 rings (SSSR count). The molecule has 1 N–H and O–H groups in total. The molecule has 1 atom stereocenters. The number of hydrogen-bond acceptors (Lipinski definition) is 3. The van der Waals surface area contributed by atoms with Gasteiger partial charge >= 0.3 is 5.97 Å². The molecular formula is C9H8BrFO3. The minimum atomic E-state index is -1.59. The number of benzene rings is 1. The van der Waals surface area contributed by atoms with Gasteiger partial charge in [-0.15, -0.1) is 0 Å². The standard InChI is InChI=1S/C9H8BrFO3/c1-14-9(13)8(12)6-4-5(10)2-3-7(6)11/h2-4,8,12H,1H3. The zero-order valence-corrected chi connectivity index (χ0v) is 8.92. The van der Waals surface area contributed by atoms with Gasteiger partial charge in [-0.2, -0.15) is 0 Å². The molecule has 0 aliphatic carbocycles. The Morgan fingerprint density at radius 2 is 2.29 bits per heavy atom. The number of carbonyl (C=O) groups excluding carboxylic acids is 1. The fraction of sp³-hybridized carbons (Fsp3) is 0.222. The van der Waals surface area contributed by atoms with Crippen molar-refractivity contribution in [1.82, 2.24) is 0 Å². The molecule has 3 nitrogen and oxygen atoms in total. The first-order chi connectivity index (χ1) is 6.56. The summed E-state index contributed by atoms with van der Waals surface area (Å²) in [7, 11) is 1.13. The quantitative estimate of drug-likeness (QED) is 0.827. The van der Waals surface area contributed by atoms with Gasteiger partial charge in [-0.05, 0) is 18.2 Å². The van der Waals surface area contributed by atoms with Gasteiger partial charge < -0.3 is 9.84 Å². The van der Waals surface area contributed by atoms with Gasteiger partial charge in [0.2, 0.25) is 0 Å². The predicted molar refractivity (Wildman–Crippen MR) is 51.1 cm³/mol. The topological polar surface area (TPSA) is 46.5 Å². The molecule has 1 unspecified atom stereocenters. The number of carbonyl (C=O) groups is 1. The first-order valence-corrected chi connectivity index (χ1v) is 4.56. The summed E-state index contributed by atoms with van der Waals surface area (Å²) < 4.78 is 18.0. The van der Waals surface area contributed by atoms with Crippen molar-refractivity contribution in [3.63, 3.8) is 0 Å². The van der Waals surface area contributed by atoms with Gasteiger partial charge in [0.1, 0.15) is 5.82 Å². The van der Waals surface area contributed by atoms with E-state index in [1.807, 2.05) is 0 Å². The molecule has 0 saturated heterocycles. The minimum Gasteiger partial charge on any atom is -0.467 e. The fourth-order valence-electron chi connectivity index (χ4n) is 0.963. The van der Waals surface area contributed by atoms with Crippen molar-refractivity contribution in [1.29, 1.82) is 0 Å². The van der Waals surface area contributed by atoms with E-state index in [1.165, 1.54) is 12.1 Å². The minimum absolute atomic E-state index is 0.105. The average Bonchev–Trinajstić information content (AvgIpc) is 2.19. The van der Waals surface area contributed by atoms with Crippen molar-refractivity contribution in [3.05, 3.63) is 34.1 Å². The molecule has 0 fully saturated rings. The van der Waals surface area contributed by atoms with E-state index in [1.54, 1.807) is 0 Å². The third kappa shape index (κ3) is 2.30. The average molecular weight is 263 g/mol. The van der Waals surface area contributed by atoms with Crippen molar-refractivity contribution in [3.8, 4) is 0 Å². The summed E-state index contributed by atoms with van der Waals surface area (Å²) in [5.74, 6) is -1.53. The highest BCUT2D eigenvalue weighted by molar-refractivity contribution is 9.10. The molecule has 1 aromatic rings. The van der Waals surface area contributed by atoms with Crippen LogP contribution in [0.4, 0.5) is 4.39 Å². The number of methoxy groups -OCH3 is 1. The van der Waals surface area contributed by atoms with Crippen molar-refractivity contribution in [2.45, 2.75) is 6.10 Å². The molecule has 0 aliphatic heterocycles. The monoisotopic (exact) mass is 262 g/mol. The van der Waals surface area contributed by atoms with Gasteiger partial charge in [-0.1, -0.05) is 15.9 Å². The van der Waals surface area contributed by atoms with Crippen LogP contribution in [0.15, 0.2) is 22.7 Å². The summed E-state index contributed by atoms with van der Waals surface area (Å²) in [6.45, 7) is 0. The van der Waals surface area contributed by atoms with E-state index in [0.717, 1.165) is 13.2 Å². The molecule has 14 heavy (non-hydrogen) atoms. The summed E-state index contributed by atoms with van der Waals surface area (Å²) in [4.78, 5) is 10.9. The van der Waals surface area contributed by atoms with E-state index in [0.29, 0.717) is 4.47 Å². The second-order valence-corrected chi connectivity index (χ2v) is 3.51. The highest BCUT2D eigenvalue weighted by Crippen LogP contribution is 2.22. The Balaban J connectivity index is 3.05. The summed E-state index contributed by atoms with van der Waals surface area (Å²) in [5, 5.41) is 9.36. The zero-order chi connectivity index (χ0) is 10.7. The number of ether oxygens (including phenoxy) is 1. The lowest BCUT2D eigenvalue weighted by atomic mass is 10.1. The van der Waals surface area contributed by atoms with Crippen LogP contribution in [0.2, 0.25) is 0 Å². The summed E-state index contributed by atoms with van der Waals surface area (Å²) in [6, 6.07) is 3.96. The fourth-order valence-corrected chi connectivity index (χ4v) is 1.34. The maximum atomic E-state index is 13.1. The van der Waals surface area contributed by atoms with Crippen LogP contribution in [0, 0.1) is 5.82 Å². The van der Waals surface area contributed by atoms with Crippen LogP contribution >= 0.6 is 15.9 Å². The Labute approximate surface area is 88.6 Å². The van der Waals surface area contributed by atoms with Crippen LogP contribution in [-0.4, -0.2) is 18.2 Å². The van der Waals surface area contributed by atoms with Crippen molar-refractivity contribution < 1.29 is 19.0 Å². The highest BCUT2D eigenvalue weighted by Gasteiger charge is 2.21. The zero-order valence-electron chi connectivity index (χ0n) is 7.33. The van der Waals surface area contributed by atoms with Crippen molar-refractivity contribution in [2.24, 2.45) is 0 Å². The number of halogens is 2. The molecule has 0 spiro atoms. The van der Waals surface area contributed by atoms with E-state index >= 15 is 0 Å². The second-order valence-electron chi connectivity index (χ2n) is 2.59. The third-order valence-corrected chi connectivity index (χ3v) is 2.17. The number of hydrogen-bond donors (Lipinski definition) is 1. The SMILES string of the molecule is COC(=O)C(O)c1cc(Br)ccc1F. The van der Waals surface area contributed by atoms with Crippen LogP contribution in [0.3, 0.4) is 0 Å². The maximum Gasteiger partial charge on any atom is 0.339 e. The largest absolute Gasteiger partial charge is 0.467 e. The lowest BCUT2D eigenvalue weighted by Crippen LogP contribution is -2.14. The highest BCUT2D eigenvalue weighted by atomic mass is 79.9. The van der Waals surface area contributed by atoms with E-state index in [-0.39, 0.29) is 5.56 Å². The molecule has 76 valence electrons. The van der Waals surface area contributed by atoms with Crippen molar-refractivity contribution >= 4 is 21.9 Å². The normalized spacial score (nSPS) is 12.3. The van der Waals surface area contributed by atoms with Gasteiger partial charge in [0.25, 0.3) is 0 Å². The summed E-state index contributed by atoms with van der Waals surface area (Å²) >= 11 is 3.11. The molecular weight excluding hydrogens is 255 g/mol. The molecule has 0 bridgehead atoms. The molecule has 0 saturated carbocycles. The smallest absolute Gasteiger partial charge is 0.339 e. The lowest BCUT2D eigenvalue weighted by Gasteiger charge is -2.09. The van der Waals surface area contributed by atoms with Crippen LogP contribution in [0.5, 0.6) is 0 Å². The van der Waals surface area contributed by atoms with Crippen molar-refractivity contribution in [2.75, 3.05) is 7.11 Å². The van der Waals surface area contributed by atoms with E-state index in [2.05, 4.69) is 20.7 Å². The third-order valence-electron chi connectivity index (χ3n) is 1.68. The molecule has 0 aliphatic rings. The first kappa shape index (κ1) is 11.1. The Morgan fingerprint density at radius 1 is 1.64 bits per heavy atom. The van der Waals surface area contributed by atoms with Gasteiger partial charge in [0.15, 0.2) is 6.10 Å². The lowest BCUT2D eigenvalue weighted by molar-refractivity contribution is -0.150. The van der Waals surface area contributed by atoms with Gasteiger partial charge in [-0.25, -0.2) is 9.18 Å². The van der Waals surface area contributed by atoms with Gasteiger partial charge in [0, 0.05) is 10.0 Å². The predicted octanol–water partition coefficient (Wildman–Crippen LogP) is 1.79. The number of rotatable bonds is 2. The number of esters is 1. The summed E-state index contributed by atoms with van der Waals surface area (Å²) in [6.07, 6.45) is -1.59. The number of aliphatic hydroxyl groups is 1. The van der Waals surface area contributed by atoms with E-state index < -0.39 is 17.9 Å². The molecule has 0 heterocycles. The van der Waals surface area contributed by atoms with E-state index in [9.17, 15) is 14.3 Å². The molecule has 0 radical (unpaired) electrons. The Bertz CT molecular complexity index is 354. The molecule has 5 heteroatoms. The Morgan fingerprint density at radius 3 is 2.86 bits per heavy atom. The van der Waals surface area contributed by atoms with E-state index in [4.69, 9.17) is 0 Å². The van der Waals surface area contributed by atoms with Crippen LogP contribution in [-0.2, 0) is 9.53 Å². The Hall–Kier alpha value is -0.940. The molecule has 0 aromatic heterocycles. The summed E-state index contributed by atoms with van der Waals surface area (Å²) in [5.41, 5.74) is -0.105. The van der Waals surface area contributed by atoms with Gasteiger partial charge in [-0.3, -0.25) is 0 Å². The van der Waals surface area contributed by atoms with Crippen LogP contribution in [0.1, 0.15) is 11.7 Å². The Kier molecular flexibility index (Phi) is 3.60. The molecule has 1 aromatic carbocycles. The van der Waals surface area contributed by atoms with Gasteiger partial charge in [0.05, 0.1) is 7.11 Å². The number of aliphatic hydroxyl groups excluding tert-OH is 1. The first-order valence-electron chi connectivity index (χ1n) is 3.77.